The molecule has 0 heterocycles. The van der Waals surface area contributed by atoms with Crippen LogP contribution in [0.1, 0.15) is 0 Å². The number of carbonyl (C=O) groups excluding carboxylic acids is 1. The van der Waals surface area contributed by atoms with E-state index < -0.39 is 0 Å². The Morgan fingerprint density at radius 3 is 2.67 bits per heavy atom. The maximum absolute atomic E-state index is 11.7. The number of halogens is 1. The number of anilines is 1. The van der Waals surface area contributed by atoms with E-state index in [9.17, 15) is 4.79 Å². The van der Waals surface area contributed by atoms with E-state index >= 15 is 0 Å². The van der Waals surface area contributed by atoms with Crippen LogP contribution in [0.15, 0.2) is 54.6 Å². The lowest BCUT2D eigenvalue weighted by molar-refractivity contribution is -0.119. The van der Waals surface area contributed by atoms with Gasteiger partial charge in [-0.15, -0.1) is 0 Å². The zero-order valence-electron chi connectivity index (χ0n) is 11.5. The Morgan fingerprint density at radius 2 is 1.90 bits per heavy atom. The van der Waals surface area contributed by atoms with Gasteiger partial charge in [0.2, 0.25) is 5.91 Å². The van der Waals surface area contributed by atoms with Gasteiger partial charge in [0, 0.05) is 10.7 Å². The van der Waals surface area contributed by atoms with Crippen molar-refractivity contribution < 1.29 is 9.53 Å². The van der Waals surface area contributed by atoms with Gasteiger partial charge in [0.05, 0.1) is 13.1 Å². The Bertz CT molecular complexity index is 575. The van der Waals surface area contributed by atoms with Gasteiger partial charge in [-0.2, -0.15) is 0 Å². The molecule has 0 aliphatic heterocycles. The Labute approximate surface area is 129 Å². The van der Waals surface area contributed by atoms with Crippen molar-refractivity contribution in [2.24, 2.45) is 0 Å². The third kappa shape index (κ3) is 5.75. The first kappa shape index (κ1) is 15.2. The first-order chi connectivity index (χ1) is 10.2. The number of para-hydroxylation sites is 1. The predicted octanol–water partition coefficient (Wildman–Crippen LogP) is 2.95. The molecule has 21 heavy (non-hydrogen) atoms. The third-order valence-electron chi connectivity index (χ3n) is 2.71. The maximum atomic E-state index is 11.7. The molecule has 2 aromatic carbocycles. The summed E-state index contributed by atoms with van der Waals surface area (Å²) in [6, 6.07) is 16.7. The molecule has 0 fully saturated rings. The molecular weight excluding hydrogens is 288 g/mol. The van der Waals surface area contributed by atoms with Crippen molar-refractivity contribution in [3.63, 3.8) is 0 Å². The number of carbonyl (C=O) groups is 1. The molecular formula is C16H17ClN2O2. The molecule has 0 aliphatic carbocycles. The van der Waals surface area contributed by atoms with E-state index in [1.165, 1.54) is 0 Å². The number of hydrogen-bond donors (Lipinski definition) is 2. The quantitative estimate of drug-likeness (QED) is 0.773. The summed E-state index contributed by atoms with van der Waals surface area (Å²) >= 11 is 5.86. The van der Waals surface area contributed by atoms with Crippen molar-refractivity contribution in [1.29, 1.82) is 0 Å². The predicted molar refractivity (Wildman–Crippen MR) is 84.9 cm³/mol. The van der Waals surface area contributed by atoms with Crippen LogP contribution in [-0.2, 0) is 4.79 Å². The number of nitrogens with one attached hydrogen (secondary N) is 2. The van der Waals surface area contributed by atoms with E-state index in [1.807, 2.05) is 42.5 Å². The Kier molecular flexibility index (Phi) is 5.91. The first-order valence-electron chi connectivity index (χ1n) is 6.68. The van der Waals surface area contributed by atoms with Crippen molar-refractivity contribution >= 4 is 23.2 Å². The van der Waals surface area contributed by atoms with Crippen molar-refractivity contribution in [2.45, 2.75) is 0 Å². The minimum absolute atomic E-state index is 0.0911. The fourth-order valence-electron chi connectivity index (χ4n) is 1.72. The van der Waals surface area contributed by atoms with Crippen molar-refractivity contribution in [2.75, 3.05) is 25.0 Å². The lowest BCUT2D eigenvalue weighted by atomic mass is 10.3. The van der Waals surface area contributed by atoms with Crippen LogP contribution in [0.4, 0.5) is 5.69 Å². The van der Waals surface area contributed by atoms with Gasteiger partial charge in [-0.1, -0.05) is 35.9 Å². The van der Waals surface area contributed by atoms with E-state index in [0.29, 0.717) is 18.2 Å². The molecule has 0 spiro atoms. The van der Waals surface area contributed by atoms with Gasteiger partial charge in [-0.3, -0.25) is 4.79 Å². The summed E-state index contributed by atoms with van der Waals surface area (Å²) in [4.78, 5) is 11.7. The van der Waals surface area contributed by atoms with E-state index in [-0.39, 0.29) is 12.5 Å². The fraction of sp³-hybridized carbons (Fsp3) is 0.188. The average Bonchev–Trinajstić information content (AvgIpc) is 2.51. The number of hydrogen-bond acceptors (Lipinski definition) is 3. The molecule has 2 aromatic rings. The minimum Gasteiger partial charge on any atom is -0.492 e. The normalized spacial score (nSPS) is 9.95. The van der Waals surface area contributed by atoms with Gasteiger partial charge >= 0.3 is 0 Å². The lowest BCUT2D eigenvalue weighted by Gasteiger charge is -2.09. The van der Waals surface area contributed by atoms with E-state index in [4.69, 9.17) is 16.3 Å². The number of rotatable bonds is 7. The minimum atomic E-state index is -0.0911. The molecule has 110 valence electrons. The molecule has 2 N–H and O–H groups in total. The van der Waals surface area contributed by atoms with Crippen LogP contribution in [0.2, 0.25) is 5.02 Å². The van der Waals surface area contributed by atoms with Gasteiger partial charge in [-0.25, -0.2) is 0 Å². The highest BCUT2D eigenvalue weighted by molar-refractivity contribution is 6.30. The summed E-state index contributed by atoms with van der Waals surface area (Å²) in [6.07, 6.45) is 0. The average molecular weight is 305 g/mol. The second-order valence-corrected chi connectivity index (χ2v) is 4.81. The van der Waals surface area contributed by atoms with Crippen LogP contribution in [0.3, 0.4) is 0 Å². The van der Waals surface area contributed by atoms with E-state index in [0.717, 1.165) is 11.4 Å². The van der Waals surface area contributed by atoms with Crippen molar-refractivity contribution in [3.8, 4) is 5.75 Å². The molecule has 2 rings (SSSR count). The zero-order chi connectivity index (χ0) is 14.9. The Hall–Kier alpha value is -2.20. The molecule has 1 amide bonds. The summed E-state index contributed by atoms with van der Waals surface area (Å²) in [5.41, 5.74) is 0.818. The van der Waals surface area contributed by atoms with E-state index in [2.05, 4.69) is 10.6 Å². The Morgan fingerprint density at radius 1 is 1.10 bits per heavy atom. The zero-order valence-corrected chi connectivity index (χ0v) is 12.3. The maximum Gasteiger partial charge on any atom is 0.239 e. The van der Waals surface area contributed by atoms with Gasteiger partial charge in [0.25, 0.3) is 0 Å². The standard InChI is InChI=1S/C16H17ClN2O2/c17-13-5-4-6-14(11-13)19-12-16(20)18-9-10-21-15-7-2-1-3-8-15/h1-8,11,19H,9-10,12H2,(H,18,20). The molecule has 0 atom stereocenters. The van der Waals surface area contributed by atoms with Crippen LogP contribution < -0.4 is 15.4 Å². The number of ether oxygens (including phenoxy) is 1. The number of amides is 1. The highest BCUT2D eigenvalue weighted by Crippen LogP contribution is 2.14. The molecule has 4 nitrogen and oxygen atoms in total. The van der Waals surface area contributed by atoms with Gasteiger partial charge < -0.3 is 15.4 Å². The van der Waals surface area contributed by atoms with Gasteiger partial charge in [0.15, 0.2) is 0 Å². The molecule has 0 radical (unpaired) electrons. The summed E-state index contributed by atoms with van der Waals surface area (Å²) < 4.78 is 5.48. The summed E-state index contributed by atoms with van der Waals surface area (Å²) in [5, 5.41) is 6.42. The smallest absolute Gasteiger partial charge is 0.239 e. The first-order valence-corrected chi connectivity index (χ1v) is 7.06. The molecule has 0 aromatic heterocycles. The van der Waals surface area contributed by atoms with Crippen molar-refractivity contribution in [1.82, 2.24) is 5.32 Å². The van der Waals surface area contributed by atoms with Crippen LogP contribution in [0.25, 0.3) is 0 Å². The lowest BCUT2D eigenvalue weighted by Crippen LogP contribution is -2.32. The molecule has 0 saturated carbocycles. The second-order valence-electron chi connectivity index (χ2n) is 4.38. The molecule has 0 bridgehead atoms. The molecule has 5 heteroatoms. The monoisotopic (exact) mass is 304 g/mol. The van der Waals surface area contributed by atoms with Crippen LogP contribution in [-0.4, -0.2) is 25.6 Å². The molecule has 0 unspecified atom stereocenters. The van der Waals surface area contributed by atoms with Crippen LogP contribution in [0.5, 0.6) is 5.75 Å². The number of benzene rings is 2. The Balaban J connectivity index is 1.62. The second kappa shape index (κ2) is 8.17. The van der Waals surface area contributed by atoms with Crippen LogP contribution >= 0.6 is 11.6 Å². The SMILES string of the molecule is O=C(CNc1cccc(Cl)c1)NCCOc1ccccc1. The fourth-order valence-corrected chi connectivity index (χ4v) is 1.91. The summed E-state index contributed by atoms with van der Waals surface area (Å²) in [6.45, 7) is 1.10. The van der Waals surface area contributed by atoms with E-state index in [1.54, 1.807) is 12.1 Å². The molecule has 0 saturated heterocycles. The largest absolute Gasteiger partial charge is 0.492 e. The third-order valence-corrected chi connectivity index (χ3v) is 2.95. The topological polar surface area (TPSA) is 50.4 Å². The highest BCUT2D eigenvalue weighted by atomic mass is 35.5. The van der Waals surface area contributed by atoms with Crippen molar-refractivity contribution in [3.05, 3.63) is 59.6 Å². The molecule has 0 aliphatic rings. The summed E-state index contributed by atoms with van der Waals surface area (Å²) in [5.74, 6) is 0.704. The van der Waals surface area contributed by atoms with Crippen LogP contribution in [0, 0.1) is 0 Å². The highest BCUT2D eigenvalue weighted by Gasteiger charge is 2.01. The van der Waals surface area contributed by atoms with Gasteiger partial charge in [0.1, 0.15) is 12.4 Å². The summed E-state index contributed by atoms with van der Waals surface area (Å²) in [7, 11) is 0. The van der Waals surface area contributed by atoms with Gasteiger partial charge in [-0.05, 0) is 30.3 Å².